The summed E-state index contributed by atoms with van der Waals surface area (Å²) in [5.74, 6) is 0.444. The minimum absolute atomic E-state index is 0.444. The van der Waals surface area contributed by atoms with Crippen LogP contribution in [0.2, 0.25) is 0 Å². The van der Waals surface area contributed by atoms with E-state index in [2.05, 4.69) is 0 Å². The lowest BCUT2D eigenvalue weighted by Crippen LogP contribution is -2.13. The molecular weight excluding hydrogens is 198 g/mol. The van der Waals surface area contributed by atoms with E-state index in [0.717, 1.165) is 18.5 Å². The second-order valence-electron chi connectivity index (χ2n) is 3.97. The molecule has 1 saturated carbocycles. The van der Waals surface area contributed by atoms with E-state index in [-0.39, 0.29) is 0 Å². The van der Waals surface area contributed by atoms with Crippen LogP contribution in [-0.2, 0) is 10.0 Å². The second-order valence-corrected chi connectivity index (χ2v) is 5.83. The van der Waals surface area contributed by atoms with Gasteiger partial charge < -0.3 is 0 Å². The van der Waals surface area contributed by atoms with Gasteiger partial charge >= 0.3 is 0 Å². The van der Waals surface area contributed by atoms with Crippen LogP contribution >= 0.6 is 0 Å². The topological polar surface area (TPSA) is 39.1 Å². The van der Waals surface area contributed by atoms with Crippen LogP contribution in [-0.4, -0.2) is 18.6 Å². The molecule has 0 aliphatic heterocycles. The molecule has 2 rings (SSSR count). The van der Waals surface area contributed by atoms with Crippen LogP contribution in [0.3, 0.4) is 0 Å². The summed E-state index contributed by atoms with van der Waals surface area (Å²) in [6.45, 7) is 0. The van der Waals surface area contributed by atoms with E-state index in [1.807, 2.05) is 12.1 Å². The van der Waals surface area contributed by atoms with Crippen molar-refractivity contribution in [3.05, 3.63) is 24.0 Å². The van der Waals surface area contributed by atoms with E-state index in [9.17, 15) is 8.42 Å². The zero-order chi connectivity index (χ0) is 10.2. The molecule has 3 nitrogen and oxygen atoms in total. The van der Waals surface area contributed by atoms with Crippen molar-refractivity contribution in [3.63, 3.8) is 0 Å². The quantitative estimate of drug-likeness (QED) is 0.753. The average Bonchev–Trinajstić information content (AvgIpc) is 2.73. The molecule has 0 atom stereocenters. The molecule has 0 N–H and O–H groups in total. The highest BCUT2D eigenvalue weighted by molar-refractivity contribution is 7.89. The standard InChI is InChI=1S/C10H15NO2S/c1-14(12,13)11-8-4-7-10(11)9-5-2-3-6-9/h4,7-9H,2-3,5-6H2,1H3. The fraction of sp³-hybridized carbons (Fsp3) is 0.600. The first-order valence-corrected chi connectivity index (χ1v) is 6.81. The Hall–Kier alpha value is -0.770. The van der Waals surface area contributed by atoms with Crippen LogP contribution in [0.5, 0.6) is 0 Å². The van der Waals surface area contributed by atoms with Crippen LogP contribution < -0.4 is 0 Å². The van der Waals surface area contributed by atoms with Crippen molar-refractivity contribution in [2.24, 2.45) is 0 Å². The van der Waals surface area contributed by atoms with E-state index in [4.69, 9.17) is 0 Å². The summed E-state index contributed by atoms with van der Waals surface area (Å²) < 4.78 is 24.3. The molecule has 0 unspecified atom stereocenters. The molecule has 0 radical (unpaired) electrons. The molecule has 0 bridgehead atoms. The van der Waals surface area contributed by atoms with Crippen molar-refractivity contribution in [2.75, 3.05) is 6.26 Å². The molecule has 4 heteroatoms. The highest BCUT2D eigenvalue weighted by atomic mass is 32.2. The number of nitrogens with zero attached hydrogens (tertiary/aromatic N) is 1. The minimum atomic E-state index is -3.11. The van der Waals surface area contributed by atoms with Crippen LogP contribution in [0.1, 0.15) is 37.3 Å². The summed E-state index contributed by atoms with van der Waals surface area (Å²) in [7, 11) is -3.11. The molecule has 78 valence electrons. The molecule has 0 saturated heterocycles. The third kappa shape index (κ3) is 1.71. The van der Waals surface area contributed by atoms with E-state index in [1.165, 1.54) is 23.1 Å². The number of aromatic nitrogens is 1. The Labute approximate surface area is 84.8 Å². The van der Waals surface area contributed by atoms with E-state index in [1.54, 1.807) is 6.20 Å². The second kappa shape index (κ2) is 3.42. The third-order valence-corrected chi connectivity index (χ3v) is 3.92. The van der Waals surface area contributed by atoms with Gasteiger partial charge in [-0.3, -0.25) is 0 Å². The Kier molecular flexibility index (Phi) is 2.39. The SMILES string of the molecule is CS(=O)(=O)n1cccc1C1CCCC1. The summed E-state index contributed by atoms with van der Waals surface area (Å²) in [5.41, 5.74) is 0.963. The molecule has 0 amide bonds. The van der Waals surface area contributed by atoms with E-state index in [0.29, 0.717) is 5.92 Å². The van der Waals surface area contributed by atoms with Crippen LogP contribution in [0, 0.1) is 0 Å². The Bertz CT molecular complexity index is 413. The molecule has 1 fully saturated rings. The maximum atomic E-state index is 11.4. The Balaban J connectivity index is 2.39. The van der Waals surface area contributed by atoms with Crippen molar-refractivity contribution in [3.8, 4) is 0 Å². The lowest BCUT2D eigenvalue weighted by atomic mass is 10.1. The van der Waals surface area contributed by atoms with Gasteiger partial charge in [-0.15, -0.1) is 0 Å². The maximum absolute atomic E-state index is 11.4. The van der Waals surface area contributed by atoms with E-state index < -0.39 is 10.0 Å². The van der Waals surface area contributed by atoms with Crippen molar-refractivity contribution in [2.45, 2.75) is 31.6 Å². The fourth-order valence-corrected chi connectivity index (χ4v) is 3.10. The third-order valence-electron chi connectivity index (χ3n) is 2.87. The van der Waals surface area contributed by atoms with Gasteiger partial charge in [0.1, 0.15) is 0 Å². The lowest BCUT2D eigenvalue weighted by Gasteiger charge is -2.12. The lowest BCUT2D eigenvalue weighted by molar-refractivity contribution is 0.585. The van der Waals surface area contributed by atoms with Crippen LogP contribution in [0.25, 0.3) is 0 Å². The smallest absolute Gasteiger partial charge is 0.235 e. The monoisotopic (exact) mass is 213 g/mol. The van der Waals surface area contributed by atoms with Crippen LogP contribution in [0.15, 0.2) is 18.3 Å². The van der Waals surface area contributed by atoms with Gasteiger partial charge in [-0.05, 0) is 25.0 Å². The van der Waals surface area contributed by atoms with Gasteiger partial charge in [-0.25, -0.2) is 12.4 Å². The molecule has 0 spiro atoms. The Morgan fingerprint density at radius 1 is 1.36 bits per heavy atom. The molecule has 1 aromatic rings. The summed E-state index contributed by atoms with van der Waals surface area (Å²) in [5, 5.41) is 0. The van der Waals surface area contributed by atoms with Crippen molar-refractivity contribution >= 4 is 10.0 Å². The molecule has 1 aliphatic rings. The zero-order valence-electron chi connectivity index (χ0n) is 8.31. The maximum Gasteiger partial charge on any atom is 0.235 e. The van der Waals surface area contributed by atoms with Gasteiger partial charge in [0.25, 0.3) is 0 Å². The highest BCUT2D eigenvalue weighted by Gasteiger charge is 2.22. The van der Waals surface area contributed by atoms with Gasteiger partial charge in [0.2, 0.25) is 10.0 Å². The van der Waals surface area contributed by atoms with Crippen molar-refractivity contribution in [1.82, 2.24) is 3.97 Å². The van der Waals surface area contributed by atoms with Gasteiger partial charge in [0.15, 0.2) is 0 Å². The normalized spacial score (nSPS) is 18.9. The van der Waals surface area contributed by atoms with Crippen molar-refractivity contribution in [1.29, 1.82) is 0 Å². The van der Waals surface area contributed by atoms with Gasteiger partial charge in [0.05, 0.1) is 6.26 Å². The van der Waals surface area contributed by atoms with E-state index >= 15 is 0 Å². The molecule has 1 heterocycles. The first-order chi connectivity index (χ1) is 6.59. The molecule has 14 heavy (non-hydrogen) atoms. The highest BCUT2D eigenvalue weighted by Crippen LogP contribution is 2.34. The van der Waals surface area contributed by atoms with Crippen LogP contribution in [0.4, 0.5) is 0 Å². The Morgan fingerprint density at radius 2 is 2.00 bits per heavy atom. The summed E-state index contributed by atoms with van der Waals surface area (Å²) in [6, 6.07) is 3.74. The number of hydrogen-bond acceptors (Lipinski definition) is 2. The summed E-state index contributed by atoms with van der Waals surface area (Å²) >= 11 is 0. The predicted molar refractivity (Wildman–Crippen MR) is 55.9 cm³/mol. The first kappa shape index (κ1) is 9.77. The molecule has 1 aromatic heterocycles. The van der Waals surface area contributed by atoms with Crippen molar-refractivity contribution < 1.29 is 8.42 Å². The van der Waals surface area contributed by atoms with Gasteiger partial charge in [-0.2, -0.15) is 0 Å². The molecule has 0 aromatic carbocycles. The van der Waals surface area contributed by atoms with Gasteiger partial charge in [-0.1, -0.05) is 12.8 Å². The molecule has 1 aliphatic carbocycles. The number of hydrogen-bond donors (Lipinski definition) is 0. The molecular formula is C10H15NO2S. The summed E-state index contributed by atoms with van der Waals surface area (Å²) in [4.78, 5) is 0. The largest absolute Gasteiger partial charge is 0.250 e. The zero-order valence-corrected chi connectivity index (χ0v) is 9.13. The van der Waals surface area contributed by atoms with Gasteiger partial charge in [0, 0.05) is 17.8 Å². The predicted octanol–water partition coefficient (Wildman–Crippen LogP) is 1.95. The number of rotatable bonds is 2. The fourth-order valence-electron chi connectivity index (χ4n) is 2.22. The summed E-state index contributed by atoms with van der Waals surface area (Å²) in [6.07, 6.45) is 7.59. The average molecular weight is 213 g/mol. The first-order valence-electron chi connectivity index (χ1n) is 4.97. The minimum Gasteiger partial charge on any atom is -0.250 e. The Morgan fingerprint density at radius 3 is 2.57 bits per heavy atom.